The van der Waals surface area contributed by atoms with Gasteiger partial charge in [-0.1, -0.05) is 106 Å². The van der Waals surface area contributed by atoms with E-state index in [2.05, 4.69) is 67.7 Å². The van der Waals surface area contributed by atoms with E-state index in [-0.39, 0.29) is 6.42 Å². The summed E-state index contributed by atoms with van der Waals surface area (Å²) in [7, 11) is 0. The fraction of sp³-hybridized carbons (Fsp3) is 0.667. The first-order valence-corrected chi connectivity index (χ1v) is 16.2. The molecule has 0 aromatic heterocycles. The largest absolute Gasteiger partial charge is 0.481 e. The average Bonchev–Trinajstić information content (AvgIpc) is 2.92. The lowest BCUT2D eigenvalue weighted by atomic mass is 9.91. The molecule has 0 aliphatic heterocycles. The summed E-state index contributed by atoms with van der Waals surface area (Å²) in [5.74, 6) is -0.760. The Bertz CT molecular complexity index is 729. The van der Waals surface area contributed by atoms with E-state index < -0.39 is 11.9 Å². The number of allylic oxidation sites excluding steroid dienone is 10. The number of carboxylic acids is 2. The van der Waals surface area contributed by atoms with E-state index in [4.69, 9.17) is 10.2 Å². The van der Waals surface area contributed by atoms with E-state index >= 15 is 0 Å². The third kappa shape index (κ3) is 31.9. The highest BCUT2D eigenvalue weighted by molar-refractivity contribution is 5.66. The van der Waals surface area contributed by atoms with Crippen molar-refractivity contribution in [3.63, 3.8) is 0 Å². The molecular formula is C36H60O4. The van der Waals surface area contributed by atoms with E-state index in [1.165, 1.54) is 51.4 Å². The summed E-state index contributed by atoms with van der Waals surface area (Å²) >= 11 is 0. The smallest absolute Gasteiger partial charge is 0.303 e. The molecule has 40 heavy (non-hydrogen) atoms. The van der Waals surface area contributed by atoms with Crippen LogP contribution in [0.3, 0.4) is 0 Å². The molecule has 2 N–H and O–H groups in total. The summed E-state index contributed by atoms with van der Waals surface area (Å²) in [5.41, 5.74) is 0. The van der Waals surface area contributed by atoms with Gasteiger partial charge in [0.2, 0.25) is 0 Å². The van der Waals surface area contributed by atoms with Crippen molar-refractivity contribution in [2.75, 3.05) is 0 Å². The molecule has 0 aromatic rings. The van der Waals surface area contributed by atoms with Gasteiger partial charge in [-0.15, -0.1) is 0 Å². The molecule has 0 aliphatic rings. The first-order chi connectivity index (χ1) is 19.6. The maximum absolute atomic E-state index is 10.9. The molecule has 1 atom stereocenters. The van der Waals surface area contributed by atoms with Gasteiger partial charge in [-0.05, 0) is 95.8 Å². The Kier molecular flexibility index (Phi) is 29.3. The maximum Gasteiger partial charge on any atom is 0.303 e. The minimum Gasteiger partial charge on any atom is -0.481 e. The van der Waals surface area contributed by atoms with Crippen LogP contribution in [-0.4, -0.2) is 22.2 Å². The number of rotatable bonds is 29. The van der Waals surface area contributed by atoms with Crippen LogP contribution >= 0.6 is 0 Å². The van der Waals surface area contributed by atoms with Crippen LogP contribution in [0.25, 0.3) is 0 Å². The van der Waals surface area contributed by atoms with Crippen molar-refractivity contribution >= 4 is 11.9 Å². The minimum absolute atomic E-state index is 0.282. The lowest BCUT2D eigenvalue weighted by Gasteiger charge is -2.15. The second kappa shape index (κ2) is 31.2. The van der Waals surface area contributed by atoms with E-state index in [1.807, 2.05) is 0 Å². The third-order valence-electron chi connectivity index (χ3n) is 7.11. The van der Waals surface area contributed by atoms with E-state index in [0.717, 1.165) is 77.0 Å². The molecule has 4 nitrogen and oxygen atoms in total. The Labute approximate surface area is 246 Å². The van der Waals surface area contributed by atoms with Crippen molar-refractivity contribution in [2.24, 2.45) is 5.92 Å². The van der Waals surface area contributed by atoms with Crippen molar-refractivity contribution in [2.45, 2.75) is 148 Å². The predicted molar refractivity (Wildman–Crippen MR) is 172 cm³/mol. The van der Waals surface area contributed by atoms with Crippen molar-refractivity contribution in [1.29, 1.82) is 0 Å². The van der Waals surface area contributed by atoms with Gasteiger partial charge in [-0.2, -0.15) is 0 Å². The topological polar surface area (TPSA) is 74.6 Å². The van der Waals surface area contributed by atoms with Crippen LogP contribution < -0.4 is 0 Å². The lowest BCUT2D eigenvalue weighted by Crippen LogP contribution is -2.03. The molecule has 0 rings (SSSR count). The third-order valence-corrected chi connectivity index (χ3v) is 7.11. The first-order valence-electron chi connectivity index (χ1n) is 16.2. The van der Waals surface area contributed by atoms with Gasteiger partial charge >= 0.3 is 11.9 Å². The summed E-state index contributed by atoms with van der Waals surface area (Å²) in [6, 6.07) is 0. The lowest BCUT2D eigenvalue weighted by molar-refractivity contribution is -0.138. The molecular weight excluding hydrogens is 496 g/mol. The number of carboxylic acid groups (broad SMARTS) is 2. The Balaban J connectivity index is 3.97. The summed E-state index contributed by atoms with van der Waals surface area (Å²) in [6.45, 7) is 2.24. The zero-order valence-electron chi connectivity index (χ0n) is 25.6. The fourth-order valence-electron chi connectivity index (χ4n) is 4.70. The van der Waals surface area contributed by atoms with Crippen LogP contribution in [0.1, 0.15) is 148 Å². The zero-order valence-corrected chi connectivity index (χ0v) is 25.6. The van der Waals surface area contributed by atoms with Crippen molar-refractivity contribution in [1.82, 2.24) is 0 Å². The van der Waals surface area contributed by atoms with Gasteiger partial charge in [0.15, 0.2) is 0 Å². The van der Waals surface area contributed by atoms with Gasteiger partial charge in [-0.25, -0.2) is 0 Å². The molecule has 0 fully saturated rings. The molecule has 0 spiro atoms. The summed E-state index contributed by atoms with van der Waals surface area (Å²) in [6.07, 6.45) is 45.2. The van der Waals surface area contributed by atoms with Gasteiger partial charge in [0.05, 0.1) is 0 Å². The average molecular weight is 557 g/mol. The van der Waals surface area contributed by atoms with E-state index in [9.17, 15) is 9.59 Å². The first kappa shape index (κ1) is 37.6. The zero-order chi connectivity index (χ0) is 29.4. The van der Waals surface area contributed by atoms with Gasteiger partial charge in [0.1, 0.15) is 0 Å². The van der Waals surface area contributed by atoms with Gasteiger partial charge in [-0.3, -0.25) is 9.59 Å². The molecule has 228 valence electrons. The number of hydrogen-bond donors (Lipinski definition) is 2. The molecule has 0 aliphatic carbocycles. The Morgan fingerprint density at radius 2 is 0.900 bits per heavy atom. The van der Waals surface area contributed by atoms with Crippen LogP contribution in [0.2, 0.25) is 0 Å². The van der Waals surface area contributed by atoms with E-state index in [0.29, 0.717) is 12.3 Å². The highest BCUT2D eigenvalue weighted by Crippen LogP contribution is 2.22. The SMILES string of the molecule is CCCCC/C=C\C/C=C\CCCC(CC/C=C\C/C=C\C/C=C\CCCCCCCC(=O)O)CCCC(=O)O. The highest BCUT2D eigenvalue weighted by Gasteiger charge is 2.09. The number of aliphatic carboxylic acids is 2. The standard InChI is InChI=1S/C36H60O4/c1-2-3-4-5-6-7-13-16-19-22-25-29-34(31-28-33-36(39)40)30-26-23-20-17-14-11-9-8-10-12-15-18-21-24-27-32-35(37)38/h6-8,10-11,14,16,19-20,23,34H,2-5,9,12-13,15,17-18,21-22,24-33H2,1H3,(H,37,38)(H,39,40)/b7-6-,10-8-,14-11-,19-16-,23-20-. The molecule has 0 saturated carbocycles. The van der Waals surface area contributed by atoms with Crippen molar-refractivity contribution < 1.29 is 19.8 Å². The minimum atomic E-state index is -0.688. The summed E-state index contributed by atoms with van der Waals surface area (Å²) in [5, 5.41) is 17.6. The quantitative estimate of drug-likeness (QED) is 0.0709. The van der Waals surface area contributed by atoms with Crippen LogP contribution in [0.15, 0.2) is 60.8 Å². The maximum atomic E-state index is 10.9. The van der Waals surface area contributed by atoms with Gasteiger partial charge in [0, 0.05) is 12.8 Å². The van der Waals surface area contributed by atoms with Gasteiger partial charge in [0.25, 0.3) is 0 Å². The molecule has 1 unspecified atom stereocenters. The van der Waals surface area contributed by atoms with E-state index in [1.54, 1.807) is 0 Å². The molecule has 4 heteroatoms. The summed E-state index contributed by atoms with van der Waals surface area (Å²) in [4.78, 5) is 21.4. The Morgan fingerprint density at radius 3 is 1.48 bits per heavy atom. The molecule has 0 amide bonds. The normalized spacial score (nSPS) is 13.1. The monoisotopic (exact) mass is 556 g/mol. The second-order valence-corrected chi connectivity index (χ2v) is 10.9. The molecule has 0 heterocycles. The fourth-order valence-corrected chi connectivity index (χ4v) is 4.70. The number of carbonyl (C=O) groups is 2. The molecule has 0 saturated heterocycles. The van der Waals surface area contributed by atoms with Crippen LogP contribution in [-0.2, 0) is 9.59 Å². The van der Waals surface area contributed by atoms with Crippen molar-refractivity contribution in [3.8, 4) is 0 Å². The highest BCUT2D eigenvalue weighted by atomic mass is 16.4. The van der Waals surface area contributed by atoms with Crippen LogP contribution in [0, 0.1) is 5.92 Å². The number of hydrogen-bond acceptors (Lipinski definition) is 2. The molecule has 0 radical (unpaired) electrons. The predicted octanol–water partition coefficient (Wildman–Crippen LogP) is 11.2. The summed E-state index contributed by atoms with van der Waals surface area (Å²) < 4.78 is 0. The molecule has 0 aromatic carbocycles. The van der Waals surface area contributed by atoms with Crippen LogP contribution in [0.4, 0.5) is 0 Å². The van der Waals surface area contributed by atoms with Crippen LogP contribution in [0.5, 0.6) is 0 Å². The Hall–Kier alpha value is -2.36. The van der Waals surface area contributed by atoms with Crippen molar-refractivity contribution in [3.05, 3.63) is 60.8 Å². The second-order valence-electron chi connectivity index (χ2n) is 10.9. The number of unbranched alkanes of at least 4 members (excludes halogenated alkanes) is 9. The van der Waals surface area contributed by atoms with Gasteiger partial charge < -0.3 is 10.2 Å². The Morgan fingerprint density at radius 1 is 0.475 bits per heavy atom. The molecule has 0 bridgehead atoms.